The van der Waals surface area contributed by atoms with Gasteiger partial charge in [0.15, 0.2) is 5.82 Å². The van der Waals surface area contributed by atoms with Gasteiger partial charge in [-0.05, 0) is 25.3 Å². The quantitative estimate of drug-likeness (QED) is 0.882. The summed E-state index contributed by atoms with van der Waals surface area (Å²) in [6, 6.07) is 10.3. The lowest BCUT2D eigenvalue weighted by Gasteiger charge is -2.18. The second-order valence-electron chi connectivity index (χ2n) is 5.40. The Kier molecular flexibility index (Phi) is 3.64. The van der Waals surface area contributed by atoms with Gasteiger partial charge in [-0.1, -0.05) is 30.3 Å². The van der Waals surface area contributed by atoms with Crippen LogP contribution in [0.15, 0.2) is 30.3 Å². The molecule has 5 nitrogen and oxygen atoms in total. The molecule has 1 saturated carbocycles. The molecule has 110 valence electrons. The Bertz CT molecular complexity index is 626. The summed E-state index contributed by atoms with van der Waals surface area (Å²) in [5.74, 6) is 2.38. The fourth-order valence-electron chi connectivity index (χ4n) is 2.29. The van der Waals surface area contributed by atoms with Crippen molar-refractivity contribution in [3.05, 3.63) is 41.7 Å². The molecule has 0 bridgehead atoms. The largest absolute Gasteiger partial charge is 0.479 e. The van der Waals surface area contributed by atoms with Crippen LogP contribution in [0.2, 0.25) is 0 Å². The lowest BCUT2D eigenvalue weighted by molar-refractivity contribution is 0.397. The number of aromatic nitrogens is 2. The van der Waals surface area contributed by atoms with Crippen LogP contribution in [0, 0.1) is 0 Å². The summed E-state index contributed by atoms with van der Waals surface area (Å²) in [5.41, 5.74) is 7.74. The van der Waals surface area contributed by atoms with Crippen molar-refractivity contribution in [3.8, 4) is 5.88 Å². The Hall–Kier alpha value is -2.30. The fourth-order valence-corrected chi connectivity index (χ4v) is 2.29. The molecule has 5 heteroatoms. The van der Waals surface area contributed by atoms with Gasteiger partial charge in [0.1, 0.15) is 11.5 Å². The number of nitrogen functional groups attached to an aromatic ring is 1. The summed E-state index contributed by atoms with van der Waals surface area (Å²) in [6.45, 7) is 2.08. The minimum absolute atomic E-state index is 0.111. The van der Waals surface area contributed by atoms with Crippen molar-refractivity contribution in [3.63, 3.8) is 0 Å². The van der Waals surface area contributed by atoms with Gasteiger partial charge in [0.25, 0.3) is 0 Å². The Morgan fingerprint density at radius 3 is 2.57 bits per heavy atom. The van der Waals surface area contributed by atoms with Crippen molar-refractivity contribution in [1.29, 1.82) is 0 Å². The Labute approximate surface area is 124 Å². The first kappa shape index (κ1) is 13.7. The van der Waals surface area contributed by atoms with Gasteiger partial charge < -0.3 is 15.8 Å². The van der Waals surface area contributed by atoms with Gasteiger partial charge in [-0.2, -0.15) is 4.98 Å². The maximum absolute atomic E-state index is 6.10. The normalized spacial score (nSPS) is 15.5. The molecule has 1 aromatic heterocycles. The average Bonchev–Trinajstić information content (AvgIpc) is 3.35. The van der Waals surface area contributed by atoms with E-state index in [1.807, 2.05) is 18.2 Å². The van der Waals surface area contributed by atoms with E-state index < -0.39 is 0 Å². The van der Waals surface area contributed by atoms with Crippen molar-refractivity contribution < 1.29 is 4.74 Å². The summed E-state index contributed by atoms with van der Waals surface area (Å²) >= 11 is 0. The number of ether oxygens (including phenoxy) is 1. The number of hydrogen-bond acceptors (Lipinski definition) is 5. The highest BCUT2D eigenvalue weighted by molar-refractivity contribution is 5.67. The van der Waals surface area contributed by atoms with Crippen LogP contribution in [0.5, 0.6) is 5.88 Å². The van der Waals surface area contributed by atoms with Crippen LogP contribution >= 0.6 is 0 Å². The van der Waals surface area contributed by atoms with Gasteiger partial charge >= 0.3 is 0 Å². The highest BCUT2D eigenvalue weighted by Crippen LogP contribution is 2.41. The lowest BCUT2D eigenvalue weighted by atomic mass is 10.1. The number of hydrogen-bond donors (Lipinski definition) is 2. The zero-order valence-corrected chi connectivity index (χ0v) is 12.3. The monoisotopic (exact) mass is 284 g/mol. The molecule has 0 aliphatic heterocycles. The molecule has 0 radical (unpaired) electrons. The predicted octanol–water partition coefficient (Wildman–Crippen LogP) is 3.12. The number of nitrogens with two attached hydrogens (primary N) is 1. The average molecular weight is 284 g/mol. The molecule has 1 aliphatic rings. The van der Waals surface area contributed by atoms with E-state index in [4.69, 9.17) is 10.5 Å². The van der Waals surface area contributed by atoms with E-state index in [0.717, 1.165) is 18.7 Å². The van der Waals surface area contributed by atoms with Crippen LogP contribution in [0.1, 0.15) is 43.1 Å². The molecule has 1 atom stereocenters. The van der Waals surface area contributed by atoms with E-state index in [2.05, 4.69) is 34.3 Å². The summed E-state index contributed by atoms with van der Waals surface area (Å²) in [5, 5.41) is 3.37. The molecule has 0 amide bonds. The van der Waals surface area contributed by atoms with E-state index in [0.29, 0.717) is 23.3 Å². The molecule has 1 aromatic carbocycles. The van der Waals surface area contributed by atoms with Crippen molar-refractivity contribution in [2.24, 2.45) is 0 Å². The first-order valence-corrected chi connectivity index (χ1v) is 7.22. The molecular formula is C16H20N4O. The minimum Gasteiger partial charge on any atom is -0.479 e. The molecule has 3 N–H and O–H groups in total. The van der Waals surface area contributed by atoms with Crippen LogP contribution in [-0.2, 0) is 0 Å². The Morgan fingerprint density at radius 2 is 1.95 bits per heavy atom. The topological polar surface area (TPSA) is 73.1 Å². The summed E-state index contributed by atoms with van der Waals surface area (Å²) in [7, 11) is 1.58. The summed E-state index contributed by atoms with van der Waals surface area (Å²) in [4.78, 5) is 8.98. The van der Waals surface area contributed by atoms with Crippen LogP contribution in [-0.4, -0.2) is 17.1 Å². The van der Waals surface area contributed by atoms with Crippen LogP contribution < -0.4 is 15.8 Å². The van der Waals surface area contributed by atoms with Crippen molar-refractivity contribution in [2.45, 2.75) is 31.7 Å². The number of benzene rings is 1. The van der Waals surface area contributed by atoms with E-state index in [-0.39, 0.29) is 6.04 Å². The zero-order chi connectivity index (χ0) is 14.8. The molecule has 1 heterocycles. The van der Waals surface area contributed by atoms with Gasteiger partial charge in [-0.3, -0.25) is 0 Å². The molecule has 0 saturated heterocycles. The molecular weight excluding hydrogens is 264 g/mol. The second-order valence-corrected chi connectivity index (χ2v) is 5.40. The van der Waals surface area contributed by atoms with Crippen LogP contribution in [0.25, 0.3) is 0 Å². The number of methoxy groups -OCH3 is 1. The molecule has 1 aliphatic carbocycles. The molecule has 1 unspecified atom stereocenters. The van der Waals surface area contributed by atoms with Crippen LogP contribution in [0.4, 0.5) is 11.5 Å². The highest BCUT2D eigenvalue weighted by Gasteiger charge is 2.29. The number of nitrogens with zero attached hydrogens (tertiary/aromatic N) is 2. The Morgan fingerprint density at radius 1 is 1.24 bits per heavy atom. The fraction of sp³-hybridized carbons (Fsp3) is 0.375. The van der Waals surface area contributed by atoms with Gasteiger partial charge in [-0.25, -0.2) is 4.98 Å². The lowest BCUT2D eigenvalue weighted by Crippen LogP contribution is -2.12. The number of nitrogens with one attached hydrogen (secondary N) is 1. The smallest absolute Gasteiger partial charge is 0.242 e. The van der Waals surface area contributed by atoms with E-state index >= 15 is 0 Å². The van der Waals surface area contributed by atoms with Crippen molar-refractivity contribution in [1.82, 2.24) is 9.97 Å². The number of rotatable bonds is 5. The predicted molar refractivity (Wildman–Crippen MR) is 83.5 cm³/mol. The molecule has 21 heavy (non-hydrogen) atoms. The first-order chi connectivity index (χ1) is 10.2. The maximum atomic E-state index is 6.10. The standard InChI is InChI=1S/C16H20N4O/c1-10(11-6-4-3-5-7-11)18-15-13(17)16(21-2)20-14(19-15)12-8-9-12/h3-7,10,12H,8-9,17H2,1-2H3,(H,18,19,20). The highest BCUT2D eigenvalue weighted by atomic mass is 16.5. The first-order valence-electron chi connectivity index (χ1n) is 7.22. The van der Waals surface area contributed by atoms with E-state index in [9.17, 15) is 0 Å². The zero-order valence-electron chi connectivity index (χ0n) is 12.3. The Balaban J connectivity index is 1.88. The molecule has 1 fully saturated rings. The van der Waals surface area contributed by atoms with Gasteiger partial charge in [-0.15, -0.1) is 0 Å². The SMILES string of the molecule is COc1nc(C2CC2)nc(NC(C)c2ccccc2)c1N. The maximum Gasteiger partial charge on any atom is 0.242 e. The van der Waals surface area contributed by atoms with Gasteiger partial charge in [0.2, 0.25) is 5.88 Å². The molecule has 3 rings (SSSR count). The van der Waals surface area contributed by atoms with Gasteiger partial charge in [0, 0.05) is 5.92 Å². The van der Waals surface area contributed by atoms with Crippen molar-refractivity contribution in [2.75, 3.05) is 18.2 Å². The third-order valence-electron chi connectivity index (χ3n) is 3.72. The summed E-state index contributed by atoms with van der Waals surface area (Å²) in [6.07, 6.45) is 2.28. The van der Waals surface area contributed by atoms with Crippen LogP contribution in [0.3, 0.4) is 0 Å². The van der Waals surface area contributed by atoms with E-state index in [1.165, 1.54) is 5.56 Å². The van der Waals surface area contributed by atoms with E-state index in [1.54, 1.807) is 7.11 Å². The third-order valence-corrected chi connectivity index (χ3v) is 3.72. The third kappa shape index (κ3) is 2.91. The summed E-state index contributed by atoms with van der Waals surface area (Å²) < 4.78 is 5.28. The number of anilines is 2. The molecule has 0 spiro atoms. The van der Waals surface area contributed by atoms with Gasteiger partial charge in [0.05, 0.1) is 13.2 Å². The second kappa shape index (κ2) is 5.60. The minimum atomic E-state index is 0.111. The van der Waals surface area contributed by atoms with Crippen molar-refractivity contribution >= 4 is 11.5 Å². The molecule has 2 aromatic rings.